The second-order valence-electron chi connectivity index (χ2n) is 4.33. The Labute approximate surface area is 87.6 Å². The normalized spacial score (nSPS) is 11.1. The largest absolute Gasteiger partial charge is 0.257 e. The summed E-state index contributed by atoms with van der Waals surface area (Å²) in [6.45, 7) is 13.2. The van der Waals surface area contributed by atoms with Crippen molar-refractivity contribution in [3.63, 3.8) is 0 Å². The molecule has 0 saturated carbocycles. The van der Waals surface area contributed by atoms with Crippen LogP contribution < -0.4 is 0 Å². The highest BCUT2D eigenvalue weighted by Crippen LogP contribution is 2.24. The summed E-state index contributed by atoms with van der Waals surface area (Å²) >= 11 is 0. The van der Waals surface area contributed by atoms with Gasteiger partial charge in [-0.1, -0.05) is 20.8 Å². The first-order chi connectivity index (χ1) is 6.49. The Morgan fingerprint density at radius 2 is 1.57 bits per heavy atom. The van der Waals surface area contributed by atoms with Gasteiger partial charge in [0, 0.05) is 11.4 Å². The van der Waals surface area contributed by atoms with Crippen molar-refractivity contribution in [3.8, 4) is 0 Å². The van der Waals surface area contributed by atoms with Gasteiger partial charge in [-0.25, -0.2) is 0 Å². The van der Waals surface area contributed by atoms with Crippen molar-refractivity contribution < 1.29 is 0 Å². The van der Waals surface area contributed by atoms with Crippen molar-refractivity contribution >= 4 is 0 Å². The lowest BCUT2D eigenvalue weighted by Gasteiger charge is -2.16. The molecule has 78 valence electrons. The van der Waals surface area contributed by atoms with Gasteiger partial charge in [-0.15, -0.1) is 0 Å². The lowest BCUT2D eigenvalue weighted by molar-refractivity contribution is 0.786. The minimum atomic E-state index is 0.527. The summed E-state index contributed by atoms with van der Waals surface area (Å²) in [6, 6.07) is 0. The lowest BCUT2D eigenvalue weighted by Crippen LogP contribution is -2.05. The molecule has 0 unspecified atom stereocenters. The van der Waals surface area contributed by atoms with E-state index in [1.807, 2.05) is 0 Å². The standard InChI is InChI=1S/C13H21N/c1-7-12-10(5)9(4)11(6)13(14-12)8(2)3/h8H,7H2,1-6H3. The maximum Gasteiger partial charge on any atom is 0.0464 e. The van der Waals surface area contributed by atoms with Crippen LogP contribution in [0.1, 0.15) is 54.8 Å². The van der Waals surface area contributed by atoms with Crippen LogP contribution in [0.2, 0.25) is 0 Å². The molecule has 14 heavy (non-hydrogen) atoms. The highest BCUT2D eigenvalue weighted by molar-refractivity contribution is 5.39. The number of aromatic nitrogens is 1. The highest BCUT2D eigenvalue weighted by Gasteiger charge is 2.12. The Balaban J connectivity index is 3.40. The van der Waals surface area contributed by atoms with Crippen LogP contribution in [0.4, 0.5) is 0 Å². The van der Waals surface area contributed by atoms with E-state index in [1.165, 1.54) is 28.1 Å². The maximum atomic E-state index is 4.75. The van der Waals surface area contributed by atoms with Gasteiger partial charge in [-0.2, -0.15) is 0 Å². The Morgan fingerprint density at radius 1 is 1.00 bits per heavy atom. The molecule has 0 aromatic carbocycles. The zero-order valence-electron chi connectivity index (χ0n) is 10.2. The molecular weight excluding hydrogens is 170 g/mol. The molecule has 0 atom stereocenters. The summed E-state index contributed by atoms with van der Waals surface area (Å²) in [7, 11) is 0. The molecule has 0 radical (unpaired) electrons. The van der Waals surface area contributed by atoms with Crippen LogP contribution in [0.5, 0.6) is 0 Å². The predicted molar refractivity (Wildman–Crippen MR) is 61.9 cm³/mol. The van der Waals surface area contributed by atoms with Gasteiger partial charge in [-0.3, -0.25) is 4.98 Å². The molecule has 0 fully saturated rings. The molecule has 1 heterocycles. The van der Waals surface area contributed by atoms with Crippen molar-refractivity contribution in [2.24, 2.45) is 0 Å². The van der Waals surface area contributed by atoms with Gasteiger partial charge in [0.15, 0.2) is 0 Å². The molecule has 0 bridgehead atoms. The molecule has 0 aliphatic heterocycles. The smallest absolute Gasteiger partial charge is 0.0464 e. The van der Waals surface area contributed by atoms with E-state index in [9.17, 15) is 0 Å². The molecule has 0 aliphatic rings. The van der Waals surface area contributed by atoms with Crippen molar-refractivity contribution in [1.29, 1.82) is 0 Å². The van der Waals surface area contributed by atoms with Gasteiger partial charge in [-0.05, 0) is 49.8 Å². The van der Waals surface area contributed by atoms with Gasteiger partial charge >= 0.3 is 0 Å². The molecule has 1 rings (SSSR count). The third-order valence-corrected chi connectivity index (χ3v) is 3.08. The fourth-order valence-corrected chi connectivity index (χ4v) is 1.91. The summed E-state index contributed by atoms with van der Waals surface area (Å²) in [4.78, 5) is 4.75. The van der Waals surface area contributed by atoms with Gasteiger partial charge in [0.2, 0.25) is 0 Å². The number of nitrogens with zero attached hydrogens (tertiary/aromatic N) is 1. The van der Waals surface area contributed by atoms with E-state index < -0.39 is 0 Å². The third-order valence-electron chi connectivity index (χ3n) is 3.08. The molecule has 0 amide bonds. The second kappa shape index (κ2) is 4.12. The summed E-state index contributed by atoms with van der Waals surface area (Å²) < 4.78 is 0. The van der Waals surface area contributed by atoms with E-state index in [4.69, 9.17) is 4.98 Å². The van der Waals surface area contributed by atoms with Crippen molar-refractivity contribution in [2.75, 3.05) is 0 Å². The van der Waals surface area contributed by atoms with Crippen LogP contribution in [0.3, 0.4) is 0 Å². The van der Waals surface area contributed by atoms with Gasteiger partial charge in [0.25, 0.3) is 0 Å². The topological polar surface area (TPSA) is 12.9 Å². The Bertz CT molecular complexity index is 338. The maximum absolute atomic E-state index is 4.75. The lowest BCUT2D eigenvalue weighted by atomic mass is 9.96. The second-order valence-corrected chi connectivity index (χ2v) is 4.33. The number of hydrogen-bond acceptors (Lipinski definition) is 1. The number of hydrogen-bond donors (Lipinski definition) is 0. The molecule has 1 heteroatoms. The molecule has 1 nitrogen and oxygen atoms in total. The molecule has 0 saturated heterocycles. The molecule has 0 aliphatic carbocycles. The molecule has 0 spiro atoms. The number of pyridine rings is 1. The molecular formula is C13H21N. The predicted octanol–water partition coefficient (Wildman–Crippen LogP) is 3.69. The van der Waals surface area contributed by atoms with Crippen LogP contribution >= 0.6 is 0 Å². The minimum Gasteiger partial charge on any atom is -0.257 e. The first-order valence-corrected chi connectivity index (χ1v) is 5.45. The quantitative estimate of drug-likeness (QED) is 0.694. The fourth-order valence-electron chi connectivity index (χ4n) is 1.91. The van der Waals surface area contributed by atoms with E-state index >= 15 is 0 Å². The molecule has 0 N–H and O–H groups in total. The fraction of sp³-hybridized carbons (Fsp3) is 0.615. The number of rotatable bonds is 2. The van der Waals surface area contributed by atoms with Crippen LogP contribution in [0.15, 0.2) is 0 Å². The van der Waals surface area contributed by atoms with E-state index in [-0.39, 0.29) is 0 Å². The van der Waals surface area contributed by atoms with Gasteiger partial charge in [0.1, 0.15) is 0 Å². The SMILES string of the molecule is CCc1nc(C(C)C)c(C)c(C)c1C. The Kier molecular flexibility index (Phi) is 3.30. The molecule has 1 aromatic heterocycles. The van der Waals surface area contributed by atoms with Crippen LogP contribution in [-0.4, -0.2) is 4.98 Å². The minimum absolute atomic E-state index is 0.527. The zero-order valence-corrected chi connectivity index (χ0v) is 10.2. The van der Waals surface area contributed by atoms with Gasteiger partial charge in [0.05, 0.1) is 0 Å². The van der Waals surface area contributed by atoms with Crippen LogP contribution in [0, 0.1) is 20.8 Å². The Morgan fingerprint density at radius 3 is 2.00 bits per heavy atom. The van der Waals surface area contributed by atoms with Gasteiger partial charge < -0.3 is 0 Å². The average molecular weight is 191 g/mol. The van der Waals surface area contributed by atoms with Crippen molar-refractivity contribution in [2.45, 2.75) is 53.9 Å². The van der Waals surface area contributed by atoms with E-state index in [2.05, 4.69) is 41.5 Å². The van der Waals surface area contributed by atoms with E-state index in [1.54, 1.807) is 0 Å². The van der Waals surface area contributed by atoms with Crippen LogP contribution in [-0.2, 0) is 6.42 Å². The monoisotopic (exact) mass is 191 g/mol. The van der Waals surface area contributed by atoms with Crippen LogP contribution in [0.25, 0.3) is 0 Å². The Hall–Kier alpha value is -0.850. The van der Waals surface area contributed by atoms with E-state index in [0.29, 0.717) is 5.92 Å². The summed E-state index contributed by atoms with van der Waals surface area (Å²) in [5.74, 6) is 0.527. The summed E-state index contributed by atoms with van der Waals surface area (Å²) in [5, 5.41) is 0. The average Bonchev–Trinajstić information content (AvgIpc) is 2.14. The number of aryl methyl sites for hydroxylation is 1. The third kappa shape index (κ3) is 1.82. The first-order valence-electron chi connectivity index (χ1n) is 5.45. The highest BCUT2D eigenvalue weighted by atomic mass is 14.7. The molecule has 1 aromatic rings. The van der Waals surface area contributed by atoms with E-state index in [0.717, 1.165) is 6.42 Å². The first kappa shape index (κ1) is 11.2. The van der Waals surface area contributed by atoms with Crippen molar-refractivity contribution in [3.05, 3.63) is 28.1 Å². The van der Waals surface area contributed by atoms with Crippen molar-refractivity contribution in [1.82, 2.24) is 4.98 Å². The zero-order chi connectivity index (χ0) is 10.9. The summed E-state index contributed by atoms with van der Waals surface area (Å²) in [6.07, 6.45) is 1.03. The summed E-state index contributed by atoms with van der Waals surface area (Å²) in [5.41, 5.74) is 6.69.